The highest BCUT2D eigenvalue weighted by Crippen LogP contribution is 2.40. The van der Waals surface area contributed by atoms with Crippen LogP contribution in [0.15, 0.2) is 0 Å². The molecule has 74 valence electrons. The molecule has 5 nitrogen and oxygen atoms in total. The summed E-state index contributed by atoms with van der Waals surface area (Å²) in [6.07, 6.45) is 0.195. The lowest BCUT2D eigenvalue weighted by atomic mass is 10.9. The molecule has 0 amide bonds. The first kappa shape index (κ1) is 14.2. The Hall–Kier alpha value is -0.380. The normalized spacial score (nSPS) is 14.0. The van der Waals surface area contributed by atoms with Gasteiger partial charge in [-0.1, -0.05) is 6.92 Å². The average Bonchev–Trinajstić information content (AvgIpc) is 1.86. The molecule has 0 radical (unpaired) electrons. The van der Waals surface area contributed by atoms with Crippen molar-refractivity contribution in [3.8, 4) is 0 Å². The molecule has 0 heterocycles. The molecule has 0 rings (SSSR count). The van der Waals surface area contributed by atoms with Crippen LogP contribution in [0.2, 0.25) is 0 Å². The smallest absolute Gasteiger partial charge is 0.327 e. The fourth-order valence-electron chi connectivity index (χ4n) is 0.293. The van der Waals surface area contributed by atoms with Gasteiger partial charge in [-0.25, -0.2) is 0 Å². The van der Waals surface area contributed by atoms with Gasteiger partial charge in [0.25, 0.3) is 5.97 Å². The Bertz CT molecular complexity index is 163. The van der Waals surface area contributed by atoms with E-state index >= 15 is 0 Å². The van der Waals surface area contributed by atoms with Crippen LogP contribution >= 0.6 is 7.60 Å². The predicted octanol–water partition coefficient (Wildman–Crippen LogP) is 1.32. The number of carboxylic acid groups (broad SMARTS) is 1. The van der Waals surface area contributed by atoms with Crippen LogP contribution in [0.3, 0.4) is 0 Å². The minimum atomic E-state index is -3.17. The first-order chi connectivity index (χ1) is 5.35. The number of aliphatic carboxylic acids is 1. The van der Waals surface area contributed by atoms with Gasteiger partial charge in [0.15, 0.2) is 0 Å². The summed E-state index contributed by atoms with van der Waals surface area (Å²) in [6, 6.07) is 0. The zero-order valence-corrected chi connectivity index (χ0v) is 8.38. The largest absolute Gasteiger partial charge is 0.481 e. The Labute approximate surface area is 71.9 Å². The minimum absolute atomic E-state index is 0.195. The number of hydrogen-bond acceptors (Lipinski definition) is 3. The quantitative estimate of drug-likeness (QED) is 0.668. The molecule has 0 aliphatic heterocycles. The van der Waals surface area contributed by atoms with E-state index in [-0.39, 0.29) is 6.16 Å². The third-order valence-electron chi connectivity index (χ3n) is 0.730. The van der Waals surface area contributed by atoms with Gasteiger partial charge in [0.05, 0.1) is 6.61 Å². The van der Waals surface area contributed by atoms with Crippen molar-refractivity contribution in [1.82, 2.24) is 0 Å². The summed E-state index contributed by atoms with van der Waals surface area (Å²) in [5.74, 6) is -0.833. The summed E-state index contributed by atoms with van der Waals surface area (Å²) >= 11 is 0. The Morgan fingerprint density at radius 3 is 1.92 bits per heavy atom. The van der Waals surface area contributed by atoms with Crippen LogP contribution in [-0.2, 0) is 13.9 Å². The third-order valence-corrected chi connectivity index (χ3v) is 2.19. The molecule has 1 unspecified atom stereocenters. The maximum Gasteiger partial charge on any atom is 0.327 e. The Morgan fingerprint density at radius 2 is 1.83 bits per heavy atom. The maximum absolute atomic E-state index is 10.5. The molecule has 0 fully saturated rings. The Balaban J connectivity index is 0. The van der Waals surface area contributed by atoms with Crippen molar-refractivity contribution in [3.05, 3.63) is 0 Å². The van der Waals surface area contributed by atoms with Crippen molar-refractivity contribution in [2.45, 2.75) is 20.8 Å². The van der Waals surface area contributed by atoms with Crippen LogP contribution in [-0.4, -0.2) is 28.7 Å². The summed E-state index contributed by atoms with van der Waals surface area (Å²) in [6.45, 7) is 4.70. The van der Waals surface area contributed by atoms with E-state index in [4.69, 9.17) is 14.8 Å². The van der Waals surface area contributed by atoms with Crippen molar-refractivity contribution in [2.24, 2.45) is 0 Å². The molecule has 0 spiro atoms. The monoisotopic (exact) mass is 198 g/mol. The molecule has 1 atom stereocenters. The van der Waals surface area contributed by atoms with E-state index in [9.17, 15) is 4.57 Å². The van der Waals surface area contributed by atoms with Gasteiger partial charge in [-0.05, 0) is 6.92 Å². The standard InChI is InChI=1S/C4H11O3P.C2H4O2/c1-3-7-8(5,6)4-2;1-2(3)4/h3-4H2,1-2H3,(H,5,6);1H3,(H,3,4). The van der Waals surface area contributed by atoms with Crippen LogP contribution < -0.4 is 0 Å². The first-order valence-electron chi connectivity index (χ1n) is 3.51. The average molecular weight is 198 g/mol. The Kier molecular flexibility index (Phi) is 8.59. The summed E-state index contributed by atoms with van der Waals surface area (Å²) in [4.78, 5) is 17.7. The number of rotatable bonds is 3. The number of carbonyl (C=O) groups is 1. The van der Waals surface area contributed by atoms with E-state index in [1.165, 1.54) is 0 Å². The zero-order chi connectivity index (χ0) is 10.2. The van der Waals surface area contributed by atoms with Crippen molar-refractivity contribution >= 4 is 13.6 Å². The van der Waals surface area contributed by atoms with Gasteiger partial charge in [0.2, 0.25) is 0 Å². The summed E-state index contributed by atoms with van der Waals surface area (Å²) in [5.41, 5.74) is 0. The van der Waals surface area contributed by atoms with Crippen molar-refractivity contribution in [3.63, 3.8) is 0 Å². The molecule has 0 aromatic rings. The second-order valence-electron chi connectivity index (χ2n) is 1.89. The van der Waals surface area contributed by atoms with Crippen LogP contribution in [0.25, 0.3) is 0 Å². The van der Waals surface area contributed by atoms with Crippen LogP contribution in [0.5, 0.6) is 0 Å². The van der Waals surface area contributed by atoms with Gasteiger partial charge in [-0.3, -0.25) is 9.36 Å². The molecular weight excluding hydrogens is 183 g/mol. The van der Waals surface area contributed by atoms with Gasteiger partial charge in [-0.15, -0.1) is 0 Å². The van der Waals surface area contributed by atoms with Crippen molar-refractivity contribution in [2.75, 3.05) is 12.8 Å². The first-order valence-corrected chi connectivity index (χ1v) is 5.27. The molecule has 0 bridgehead atoms. The van der Waals surface area contributed by atoms with Gasteiger partial charge >= 0.3 is 7.60 Å². The van der Waals surface area contributed by atoms with E-state index < -0.39 is 13.6 Å². The van der Waals surface area contributed by atoms with Gasteiger partial charge in [0, 0.05) is 13.1 Å². The van der Waals surface area contributed by atoms with Crippen molar-refractivity contribution < 1.29 is 23.9 Å². The summed E-state index contributed by atoms with van der Waals surface area (Å²) < 4.78 is 15.0. The lowest BCUT2D eigenvalue weighted by Crippen LogP contribution is -1.89. The Morgan fingerprint density at radius 1 is 1.50 bits per heavy atom. The predicted molar refractivity (Wildman–Crippen MR) is 45.3 cm³/mol. The van der Waals surface area contributed by atoms with E-state index in [1.54, 1.807) is 13.8 Å². The molecule has 12 heavy (non-hydrogen) atoms. The van der Waals surface area contributed by atoms with E-state index in [2.05, 4.69) is 4.52 Å². The molecule has 6 heteroatoms. The molecular formula is C6H15O5P. The number of hydrogen-bond donors (Lipinski definition) is 2. The topological polar surface area (TPSA) is 83.8 Å². The highest BCUT2D eigenvalue weighted by atomic mass is 31.2. The highest BCUT2D eigenvalue weighted by Gasteiger charge is 2.12. The molecule has 0 saturated heterocycles. The second-order valence-corrected chi connectivity index (χ2v) is 4.06. The second kappa shape index (κ2) is 7.28. The van der Waals surface area contributed by atoms with E-state index in [1.807, 2.05) is 0 Å². The lowest BCUT2D eigenvalue weighted by Gasteiger charge is -2.05. The van der Waals surface area contributed by atoms with Crippen LogP contribution in [0.4, 0.5) is 0 Å². The molecule has 0 aromatic carbocycles. The SMILES string of the molecule is CC(=O)O.CCOP(=O)(O)CC. The molecule has 0 saturated carbocycles. The maximum atomic E-state index is 10.5. The fraction of sp³-hybridized carbons (Fsp3) is 0.833. The van der Waals surface area contributed by atoms with Crippen LogP contribution in [0, 0.1) is 0 Å². The van der Waals surface area contributed by atoms with Crippen LogP contribution in [0.1, 0.15) is 20.8 Å². The van der Waals surface area contributed by atoms with E-state index in [0.29, 0.717) is 6.61 Å². The van der Waals surface area contributed by atoms with E-state index in [0.717, 1.165) is 6.92 Å². The summed E-state index contributed by atoms with van der Waals surface area (Å²) in [5, 5.41) is 7.42. The molecule has 2 N–H and O–H groups in total. The highest BCUT2D eigenvalue weighted by molar-refractivity contribution is 7.52. The number of carboxylic acids is 1. The van der Waals surface area contributed by atoms with Crippen molar-refractivity contribution in [1.29, 1.82) is 0 Å². The lowest BCUT2D eigenvalue weighted by molar-refractivity contribution is -0.134. The molecule has 0 aromatic heterocycles. The minimum Gasteiger partial charge on any atom is -0.481 e. The van der Waals surface area contributed by atoms with Gasteiger partial charge < -0.3 is 14.5 Å². The third kappa shape index (κ3) is 16.3. The summed E-state index contributed by atoms with van der Waals surface area (Å²) in [7, 11) is -3.17. The fourth-order valence-corrected chi connectivity index (χ4v) is 0.879. The molecule has 0 aliphatic rings. The zero-order valence-electron chi connectivity index (χ0n) is 7.48. The van der Waals surface area contributed by atoms with Gasteiger partial charge in [0.1, 0.15) is 0 Å². The van der Waals surface area contributed by atoms with Gasteiger partial charge in [-0.2, -0.15) is 0 Å². The molecule has 0 aliphatic carbocycles.